The largest absolute Gasteiger partial charge is 0.456 e. The lowest BCUT2D eigenvalue weighted by Gasteiger charge is -2.29. The second-order valence-electron chi connectivity index (χ2n) is 6.53. The highest BCUT2D eigenvalue weighted by atomic mass is 35.5. The van der Waals surface area contributed by atoms with Gasteiger partial charge in [-0.2, -0.15) is 0 Å². The second-order valence-corrected chi connectivity index (χ2v) is 6.96. The lowest BCUT2D eigenvalue weighted by Crippen LogP contribution is -2.42. The summed E-state index contributed by atoms with van der Waals surface area (Å²) in [6, 6.07) is 6.66. The van der Waals surface area contributed by atoms with Gasteiger partial charge >= 0.3 is 5.97 Å². The Hall–Kier alpha value is -1.88. The number of ether oxygens (including phenoxy) is 1. The first kappa shape index (κ1) is 19.4. The molecule has 1 fully saturated rings. The highest BCUT2D eigenvalue weighted by molar-refractivity contribution is 6.30. The zero-order valence-corrected chi connectivity index (χ0v) is 15.2. The number of ketones is 1. The quantitative estimate of drug-likeness (QED) is 0.592. The van der Waals surface area contributed by atoms with Crippen molar-refractivity contribution in [1.82, 2.24) is 5.32 Å². The first-order valence-corrected chi connectivity index (χ1v) is 9.07. The number of nitrogens with one attached hydrogen (secondary N) is 1. The fourth-order valence-electron chi connectivity index (χ4n) is 2.99. The van der Waals surface area contributed by atoms with Gasteiger partial charge in [0, 0.05) is 23.0 Å². The molecule has 0 heterocycles. The Morgan fingerprint density at radius 3 is 2.48 bits per heavy atom. The Morgan fingerprint density at radius 1 is 1.12 bits per heavy atom. The molecule has 1 aliphatic carbocycles. The normalized spacial score (nSPS) is 19.9. The average Bonchev–Trinajstić information content (AvgIpc) is 2.60. The molecule has 5 nitrogen and oxygen atoms in total. The summed E-state index contributed by atoms with van der Waals surface area (Å²) in [7, 11) is 0. The lowest BCUT2D eigenvalue weighted by atomic mass is 9.86. The predicted octanol–water partition coefficient (Wildman–Crippen LogP) is 3.54. The Bertz CT molecular complexity index is 614. The van der Waals surface area contributed by atoms with Gasteiger partial charge in [0.15, 0.2) is 12.4 Å². The molecule has 2 rings (SSSR count). The number of halogens is 1. The Morgan fingerprint density at radius 2 is 1.80 bits per heavy atom. The van der Waals surface area contributed by atoms with Gasteiger partial charge in [-0.15, -0.1) is 0 Å². The molecule has 0 radical (unpaired) electrons. The summed E-state index contributed by atoms with van der Waals surface area (Å²) in [4.78, 5) is 35.6. The molecule has 0 aliphatic heterocycles. The molecule has 1 saturated carbocycles. The van der Waals surface area contributed by atoms with Crippen LogP contribution in [0.3, 0.4) is 0 Å². The highest BCUT2D eigenvalue weighted by Crippen LogP contribution is 2.23. The van der Waals surface area contributed by atoms with Gasteiger partial charge < -0.3 is 10.1 Å². The van der Waals surface area contributed by atoms with Crippen molar-refractivity contribution in [3.8, 4) is 0 Å². The minimum absolute atomic E-state index is 0.0434. The van der Waals surface area contributed by atoms with Gasteiger partial charge in [0.2, 0.25) is 0 Å². The molecule has 1 amide bonds. The number of hydrogen-bond acceptors (Lipinski definition) is 4. The fraction of sp³-hybridized carbons (Fsp3) is 0.526. The molecule has 1 aromatic carbocycles. The molecule has 1 N–H and O–H groups in total. The molecule has 0 bridgehead atoms. The number of amides is 1. The summed E-state index contributed by atoms with van der Waals surface area (Å²) in [6.45, 7) is 1.83. The van der Waals surface area contributed by atoms with Crippen molar-refractivity contribution in [2.24, 2.45) is 5.92 Å². The van der Waals surface area contributed by atoms with Crippen molar-refractivity contribution in [2.45, 2.75) is 51.5 Å². The molecule has 136 valence electrons. The summed E-state index contributed by atoms with van der Waals surface area (Å²) in [5.74, 6) is -0.537. The zero-order chi connectivity index (χ0) is 18.2. The van der Waals surface area contributed by atoms with E-state index in [9.17, 15) is 14.4 Å². The molecule has 0 saturated heterocycles. The third kappa shape index (κ3) is 6.50. The van der Waals surface area contributed by atoms with Crippen molar-refractivity contribution in [1.29, 1.82) is 0 Å². The van der Waals surface area contributed by atoms with Crippen LogP contribution in [0.25, 0.3) is 0 Å². The number of carbonyl (C=O) groups excluding carboxylic acids is 3. The fourth-order valence-corrected chi connectivity index (χ4v) is 3.12. The number of esters is 1. The molecule has 0 aromatic heterocycles. The SMILES string of the molecule is C[C@@H]1CCCC[C@@H]1NC(=O)COC(=O)CCC(=O)c1ccc(Cl)cc1. The molecule has 25 heavy (non-hydrogen) atoms. The highest BCUT2D eigenvalue weighted by Gasteiger charge is 2.23. The van der Waals surface area contributed by atoms with Crippen LogP contribution >= 0.6 is 11.6 Å². The minimum Gasteiger partial charge on any atom is -0.456 e. The van der Waals surface area contributed by atoms with Crippen LogP contribution in [0.15, 0.2) is 24.3 Å². The maximum absolute atomic E-state index is 12.0. The summed E-state index contributed by atoms with van der Waals surface area (Å²) >= 11 is 5.77. The first-order chi connectivity index (χ1) is 12.0. The molecule has 1 aromatic rings. The van der Waals surface area contributed by atoms with Crippen LogP contribution < -0.4 is 5.32 Å². The van der Waals surface area contributed by atoms with Gasteiger partial charge in [0.25, 0.3) is 5.91 Å². The van der Waals surface area contributed by atoms with Crippen molar-refractivity contribution in [2.75, 3.05) is 6.61 Å². The van der Waals surface area contributed by atoms with Gasteiger partial charge in [-0.25, -0.2) is 0 Å². The summed E-state index contributed by atoms with van der Waals surface area (Å²) < 4.78 is 4.96. The van der Waals surface area contributed by atoms with Gasteiger partial charge in [-0.05, 0) is 43.0 Å². The summed E-state index contributed by atoms with van der Waals surface area (Å²) in [5.41, 5.74) is 0.501. The van der Waals surface area contributed by atoms with Crippen molar-refractivity contribution in [3.63, 3.8) is 0 Å². The summed E-state index contributed by atoms with van der Waals surface area (Å²) in [5, 5.41) is 3.47. The molecule has 0 unspecified atom stereocenters. The van der Waals surface area contributed by atoms with E-state index in [2.05, 4.69) is 12.2 Å². The summed E-state index contributed by atoms with van der Waals surface area (Å²) in [6.07, 6.45) is 4.39. The lowest BCUT2D eigenvalue weighted by molar-refractivity contribution is -0.148. The Labute approximate surface area is 153 Å². The number of hydrogen-bond donors (Lipinski definition) is 1. The van der Waals surface area contributed by atoms with E-state index in [1.165, 1.54) is 6.42 Å². The minimum atomic E-state index is -0.547. The van der Waals surface area contributed by atoms with Crippen LogP contribution in [-0.4, -0.2) is 30.3 Å². The van der Waals surface area contributed by atoms with Crippen molar-refractivity contribution in [3.05, 3.63) is 34.9 Å². The van der Waals surface area contributed by atoms with E-state index in [0.29, 0.717) is 16.5 Å². The number of Topliss-reactive ketones (excluding diaryl/α,β-unsaturated/α-hetero) is 1. The maximum Gasteiger partial charge on any atom is 0.306 e. The van der Waals surface area contributed by atoms with Crippen LogP contribution in [0.4, 0.5) is 0 Å². The van der Waals surface area contributed by atoms with Crippen LogP contribution in [0.2, 0.25) is 5.02 Å². The van der Waals surface area contributed by atoms with Crippen LogP contribution in [0.1, 0.15) is 55.8 Å². The molecule has 6 heteroatoms. The monoisotopic (exact) mass is 365 g/mol. The molecule has 0 spiro atoms. The van der Waals surface area contributed by atoms with E-state index in [1.807, 2.05) is 0 Å². The van der Waals surface area contributed by atoms with Crippen molar-refractivity contribution < 1.29 is 19.1 Å². The van der Waals surface area contributed by atoms with E-state index in [1.54, 1.807) is 24.3 Å². The van der Waals surface area contributed by atoms with Gasteiger partial charge in [-0.1, -0.05) is 31.4 Å². The second kappa shape index (κ2) is 9.56. The van der Waals surface area contributed by atoms with Gasteiger partial charge in [0.05, 0.1) is 6.42 Å². The third-order valence-corrected chi connectivity index (χ3v) is 4.80. The standard InChI is InChI=1S/C19H24ClNO4/c1-13-4-2-3-5-16(13)21-18(23)12-25-19(24)11-10-17(22)14-6-8-15(20)9-7-14/h6-9,13,16H,2-5,10-12H2,1H3,(H,21,23)/t13-,16+/m1/s1. The molecule has 1 aliphatic rings. The number of rotatable bonds is 7. The number of benzene rings is 1. The molecular weight excluding hydrogens is 342 g/mol. The maximum atomic E-state index is 12.0. The predicted molar refractivity (Wildman–Crippen MR) is 95.5 cm³/mol. The average molecular weight is 366 g/mol. The van der Waals surface area contributed by atoms with Gasteiger partial charge in [-0.3, -0.25) is 14.4 Å². The first-order valence-electron chi connectivity index (χ1n) is 8.69. The van der Waals surface area contributed by atoms with Crippen molar-refractivity contribution >= 4 is 29.3 Å². The topological polar surface area (TPSA) is 72.5 Å². The smallest absolute Gasteiger partial charge is 0.306 e. The molecule has 2 atom stereocenters. The third-order valence-electron chi connectivity index (χ3n) is 4.54. The van der Waals surface area contributed by atoms with E-state index < -0.39 is 5.97 Å². The van der Waals surface area contributed by atoms with Crippen LogP contribution in [0.5, 0.6) is 0 Å². The number of carbonyl (C=O) groups is 3. The van der Waals surface area contributed by atoms with E-state index >= 15 is 0 Å². The van der Waals surface area contributed by atoms with E-state index in [0.717, 1.165) is 19.3 Å². The zero-order valence-electron chi connectivity index (χ0n) is 14.4. The Balaban J connectivity index is 1.67. The van der Waals surface area contributed by atoms with Gasteiger partial charge in [0.1, 0.15) is 0 Å². The molecular formula is C19H24ClNO4. The van der Waals surface area contributed by atoms with E-state index in [-0.39, 0.29) is 37.2 Å². The van der Waals surface area contributed by atoms with Crippen LogP contribution in [0, 0.1) is 5.92 Å². The van der Waals surface area contributed by atoms with E-state index in [4.69, 9.17) is 16.3 Å². The Kier molecular flexibility index (Phi) is 7.44. The van der Waals surface area contributed by atoms with Crippen LogP contribution in [-0.2, 0) is 14.3 Å².